The van der Waals surface area contributed by atoms with Crippen LogP contribution in [0.25, 0.3) is 0 Å². The minimum Gasteiger partial charge on any atom is -0.545 e. The van der Waals surface area contributed by atoms with E-state index in [1.807, 2.05) is 50.2 Å². The molecule has 1 atom stereocenters. The molecule has 4 rings (SSSR count). The van der Waals surface area contributed by atoms with E-state index in [1.54, 1.807) is 24.1 Å². The van der Waals surface area contributed by atoms with Gasteiger partial charge in [-0.25, -0.2) is 0 Å². The smallest absolute Gasteiger partial charge is 0.232 e. The van der Waals surface area contributed by atoms with E-state index in [4.69, 9.17) is 14.2 Å². The third kappa shape index (κ3) is 4.41. The molecule has 0 unspecified atom stereocenters. The molecule has 0 aliphatic carbocycles. The molecule has 3 aromatic rings. The second-order valence-electron chi connectivity index (χ2n) is 7.81. The van der Waals surface area contributed by atoms with E-state index in [1.165, 1.54) is 12.1 Å². The van der Waals surface area contributed by atoms with E-state index in [2.05, 4.69) is 0 Å². The van der Waals surface area contributed by atoms with Gasteiger partial charge in [-0.05, 0) is 72.5 Å². The second kappa shape index (κ2) is 9.87. The Hall–Kier alpha value is -4.00. The number of ether oxygens (including phenoxy) is 3. The van der Waals surface area contributed by atoms with E-state index >= 15 is 0 Å². The third-order valence-corrected chi connectivity index (χ3v) is 5.78. The maximum atomic E-state index is 13.5. The molecule has 34 heavy (non-hydrogen) atoms. The number of methoxy groups -OCH3 is 1. The van der Waals surface area contributed by atoms with Crippen molar-refractivity contribution in [1.29, 1.82) is 0 Å². The summed E-state index contributed by atoms with van der Waals surface area (Å²) in [6, 6.07) is 17.1. The highest BCUT2D eigenvalue weighted by atomic mass is 16.5. The summed E-state index contributed by atoms with van der Waals surface area (Å²) in [4.78, 5) is 26.4. The summed E-state index contributed by atoms with van der Waals surface area (Å²) in [7, 11) is 1.60. The molecule has 7 heteroatoms. The fourth-order valence-corrected chi connectivity index (χ4v) is 4.26. The lowest BCUT2D eigenvalue weighted by Gasteiger charge is -2.38. The predicted octanol–water partition coefficient (Wildman–Crippen LogP) is 3.53. The van der Waals surface area contributed by atoms with Crippen molar-refractivity contribution < 1.29 is 28.9 Å². The first kappa shape index (κ1) is 23.2. The van der Waals surface area contributed by atoms with E-state index in [0.717, 1.165) is 16.7 Å². The van der Waals surface area contributed by atoms with Gasteiger partial charge in [0.05, 0.1) is 38.8 Å². The minimum atomic E-state index is -1.27. The molecule has 1 amide bonds. The van der Waals surface area contributed by atoms with E-state index in [-0.39, 0.29) is 17.9 Å². The standard InChI is InChI=1S/C27H27NO6/c1-4-33-23-14-19-15-25(29)28(20-10-6-18(7-11-20)27(30)31)26(22(19)16-24(23)34-5-2)17-8-12-21(32-3)13-9-17/h6-14,16,26H,4-5,15H2,1-3H3,(H,30,31)/p-1/t26-/m1/s1. The van der Waals surface area contributed by atoms with Crippen molar-refractivity contribution in [2.45, 2.75) is 26.3 Å². The second-order valence-corrected chi connectivity index (χ2v) is 7.81. The zero-order valence-electron chi connectivity index (χ0n) is 19.4. The fourth-order valence-electron chi connectivity index (χ4n) is 4.26. The van der Waals surface area contributed by atoms with Crippen LogP contribution in [0.15, 0.2) is 60.7 Å². The number of carboxylic acids is 1. The van der Waals surface area contributed by atoms with Crippen molar-refractivity contribution in [1.82, 2.24) is 0 Å². The SMILES string of the molecule is CCOc1cc2c(cc1OCC)[C@@H](c1ccc(OC)cc1)N(c1ccc(C(=O)[O-])cc1)C(=O)C2. The largest absolute Gasteiger partial charge is 0.545 e. The molecule has 0 saturated carbocycles. The number of rotatable bonds is 8. The maximum absolute atomic E-state index is 13.5. The Labute approximate surface area is 198 Å². The average molecular weight is 461 g/mol. The van der Waals surface area contributed by atoms with Crippen molar-refractivity contribution in [3.63, 3.8) is 0 Å². The van der Waals surface area contributed by atoms with Gasteiger partial charge >= 0.3 is 0 Å². The number of amides is 1. The van der Waals surface area contributed by atoms with Crippen molar-refractivity contribution >= 4 is 17.6 Å². The topological polar surface area (TPSA) is 88.1 Å². The van der Waals surface area contributed by atoms with Crippen molar-refractivity contribution in [3.05, 3.63) is 82.9 Å². The molecule has 0 radical (unpaired) electrons. The number of hydrogen-bond donors (Lipinski definition) is 0. The summed E-state index contributed by atoms with van der Waals surface area (Å²) in [5.74, 6) is 0.552. The highest BCUT2D eigenvalue weighted by Crippen LogP contribution is 2.43. The Morgan fingerprint density at radius 1 is 0.971 bits per heavy atom. The Balaban J connectivity index is 1.89. The van der Waals surface area contributed by atoms with Gasteiger partial charge in [-0.3, -0.25) is 4.79 Å². The molecule has 0 spiro atoms. The number of carboxylic acid groups (broad SMARTS) is 1. The van der Waals surface area contributed by atoms with Crippen LogP contribution in [-0.4, -0.2) is 32.2 Å². The molecular weight excluding hydrogens is 434 g/mol. The predicted molar refractivity (Wildman–Crippen MR) is 126 cm³/mol. The third-order valence-electron chi connectivity index (χ3n) is 5.78. The Kier molecular flexibility index (Phi) is 6.72. The zero-order valence-corrected chi connectivity index (χ0v) is 19.4. The van der Waals surface area contributed by atoms with Crippen LogP contribution < -0.4 is 24.2 Å². The van der Waals surface area contributed by atoms with Crippen molar-refractivity contribution in [2.24, 2.45) is 0 Å². The average Bonchev–Trinajstić information content (AvgIpc) is 2.84. The van der Waals surface area contributed by atoms with Gasteiger partial charge in [-0.15, -0.1) is 0 Å². The van der Waals surface area contributed by atoms with Gasteiger partial charge in [0, 0.05) is 5.69 Å². The Morgan fingerprint density at radius 2 is 1.59 bits per heavy atom. The lowest BCUT2D eigenvalue weighted by molar-refractivity contribution is -0.255. The van der Waals surface area contributed by atoms with Crippen LogP contribution in [0.4, 0.5) is 5.69 Å². The Morgan fingerprint density at radius 3 is 2.15 bits per heavy atom. The number of anilines is 1. The van der Waals surface area contributed by atoms with E-state index in [0.29, 0.717) is 36.1 Å². The number of fused-ring (bicyclic) bond motifs is 1. The van der Waals surface area contributed by atoms with Gasteiger partial charge in [-0.1, -0.05) is 24.3 Å². The first-order valence-corrected chi connectivity index (χ1v) is 11.2. The normalized spacial score (nSPS) is 15.0. The number of hydrogen-bond acceptors (Lipinski definition) is 6. The molecule has 176 valence electrons. The van der Waals surface area contributed by atoms with Gasteiger partial charge in [-0.2, -0.15) is 0 Å². The number of benzene rings is 3. The van der Waals surface area contributed by atoms with Gasteiger partial charge in [0.25, 0.3) is 0 Å². The summed E-state index contributed by atoms with van der Waals surface area (Å²) in [6.07, 6.45) is 0.177. The fraction of sp³-hybridized carbons (Fsp3) is 0.259. The Bertz CT molecular complexity index is 1190. The monoisotopic (exact) mass is 460 g/mol. The molecule has 1 aliphatic rings. The lowest BCUT2D eigenvalue weighted by atomic mass is 9.86. The van der Waals surface area contributed by atoms with Crippen LogP contribution >= 0.6 is 0 Å². The molecule has 0 aromatic heterocycles. The molecular formula is C27H26NO6-. The highest BCUT2D eigenvalue weighted by molar-refractivity contribution is 5.99. The van der Waals surface area contributed by atoms with Crippen LogP contribution in [0.5, 0.6) is 17.2 Å². The molecule has 0 bridgehead atoms. The summed E-state index contributed by atoms with van der Waals surface area (Å²) < 4.78 is 17.0. The summed E-state index contributed by atoms with van der Waals surface area (Å²) in [6.45, 7) is 4.76. The van der Waals surface area contributed by atoms with Crippen LogP contribution in [0.1, 0.15) is 46.9 Å². The summed E-state index contributed by atoms with van der Waals surface area (Å²) >= 11 is 0. The molecule has 0 saturated heterocycles. The highest BCUT2D eigenvalue weighted by Gasteiger charge is 2.36. The van der Waals surface area contributed by atoms with Crippen LogP contribution in [0.3, 0.4) is 0 Å². The minimum absolute atomic E-state index is 0.0506. The first-order valence-electron chi connectivity index (χ1n) is 11.2. The number of carbonyl (C=O) groups is 2. The van der Waals surface area contributed by atoms with Crippen LogP contribution in [0, 0.1) is 0 Å². The molecule has 1 aliphatic heterocycles. The van der Waals surface area contributed by atoms with E-state index < -0.39 is 12.0 Å². The molecule has 1 heterocycles. The first-order chi connectivity index (χ1) is 16.5. The summed E-state index contributed by atoms with van der Waals surface area (Å²) in [5.41, 5.74) is 3.30. The summed E-state index contributed by atoms with van der Waals surface area (Å²) in [5, 5.41) is 11.2. The number of carbonyl (C=O) groups excluding carboxylic acids is 2. The molecule has 7 nitrogen and oxygen atoms in total. The lowest BCUT2D eigenvalue weighted by Crippen LogP contribution is -2.41. The molecule has 0 N–H and O–H groups in total. The molecule has 3 aromatic carbocycles. The zero-order chi connectivity index (χ0) is 24.2. The number of aromatic carboxylic acids is 1. The maximum Gasteiger partial charge on any atom is 0.232 e. The number of nitrogens with zero attached hydrogens (tertiary/aromatic N) is 1. The van der Waals surface area contributed by atoms with Crippen LogP contribution in [-0.2, 0) is 11.2 Å². The van der Waals surface area contributed by atoms with E-state index in [9.17, 15) is 14.7 Å². The van der Waals surface area contributed by atoms with Gasteiger partial charge in [0.15, 0.2) is 11.5 Å². The van der Waals surface area contributed by atoms with Gasteiger partial charge in [0.2, 0.25) is 5.91 Å². The van der Waals surface area contributed by atoms with Gasteiger partial charge in [0.1, 0.15) is 5.75 Å². The van der Waals surface area contributed by atoms with Gasteiger partial charge < -0.3 is 29.0 Å². The quantitative estimate of drug-likeness (QED) is 0.511. The van der Waals surface area contributed by atoms with Crippen molar-refractivity contribution in [2.75, 3.05) is 25.2 Å². The van der Waals surface area contributed by atoms with Crippen molar-refractivity contribution in [3.8, 4) is 17.2 Å². The molecule has 0 fully saturated rings. The van der Waals surface area contributed by atoms with Crippen LogP contribution in [0.2, 0.25) is 0 Å².